The average Bonchev–Trinajstić information content (AvgIpc) is 2.88. The molecule has 7 heteroatoms. The van der Waals surface area contributed by atoms with Gasteiger partial charge in [0, 0.05) is 67.6 Å². The molecule has 5 rings (SSSR count). The second-order valence-electron chi connectivity index (χ2n) is 12.2. The largest absolute Gasteiger partial charge is 0.341 e. The van der Waals surface area contributed by atoms with Crippen LogP contribution in [0.25, 0.3) is 0 Å². The second kappa shape index (κ2) is 9.79. The van der Waals surface area contributed by atoms with Crippen LogP contribution in [0, 0.1) is 11.3 Å². The fraction of sp³-hybridized carbons (Fsp3) is 0.690. The van der Waals surface area contributed by atoms with Gasteiger partial charge in [-0.15, -0.1) is 0 Å². The van der Waals surface area contributed by atoms with Crippen molar-refractivity contribution in [1.82, 2.24) is 9.21 Å². The molecule has 0 saturated carbocycles. The zero-order chi connectivity index (χ0) is 25.4. The van der Waals surface area contributed by atoms with Crippen LogP contribution in [0.4, 0.5) is 0 Å². The second-order valence-corrected chi connectivity index (χ2v) is 16.9. The molecule has 0 N–H and O–H groups in total. The van der Waals surface area contributed by atoms with Gasteiger partial charge in [0.25, 0.3) is 0 Å². The van der Waals surface area contributed by atoms with Crippen molar-refractivity contribution in [3.05, 3.63) is 34.9 Å². The summed E-state index contributed by atoms with van der Waals surface area (Å²) in [5.74, 6) is 3.57. The minimum atomic E-state index is -2.57. The number of nitrogens with zero attached hydrogens (tertiary/aromatic N) is 4. The summed E-state index contributed by atoms with van der Waals surface area (Å²) in [5.41, 5.74) is 3.48. The van der Waals surface area contributed by atoms with Crippen molar-refractivity contribution in [3.8, 4) is 0 Å². The minimum absolute atomic E-state index is 0.113. The van der Waals surface area contributed by atoms with Crippen molar-refractivity contribution in [2.24, 2.45) is 21.3 Å². The van der Waals surface area contributed by atoms with Gasteiger partial charge in [0.1, 0.15) is 0 Å². The number of ketones is 1. The van der Waals surface area contributed by atoms with E-state index in [-0.39, 0.29) is 11.2 Å². The first kappa shape index (κ1) is 25.8. The van der Waals surface area contributed by atoms with Crippen molar-refractivity contribution in [1.29, 1.82) is 0 Å². The standard InChI is InChI=1S/C29H44N4O2S/c1-4-29(2)21-30-28(31-22-29)32-14-11-23(12-15-32)7-5-8-27(34)25-9-10-26-20-33(16-13-24(26)19-25)36(3,35)17-6-18-36/h9-10,19,21,23H,4-8,11-18,20,22H2,1-3H3. The summed E-state index contributed by atoms with van der Waals surface area (Å²) in [6, 6.07) is 6.22. The van der Waals surface area contributed by atoms with Crippen molar-refractivity contribution < 1.29 is 9.00 Å². The molecule has 1 aromatic rings. The highest BCUT2D eigenvalue weighted by Gasteiger charge is 2.45. The summed E-state index contributed by atoms with van der Waals surface area (Å²) in [4.78, 5) is 24.7. The first-order chi connectivity index (χ1) is 17.2. The number of piperidine rings is 1. The average molecular weight is 513 g/mol. The number of fused-ring (bicyclic) bond motifs is 1. The van der Waals surface area contributed by atoms with Crippen molar-refractivity contribution >= 4 is 27.2 Å². The fourth-order valence-electron chi connectivity index (χ4n) is 6.13. The molecule has 6 nitrogen and oxygen atoms in total. The van der Waals surface area contributed by atoms with Gasteiger partial charge in [0.15, 0.2) is 5.78 Å². The monoisotopic (exact) mass is 512 g/mol. The molecule has 0 aromatic heterocycles. The van der Waals surface area contributed by atoms with Crippen LogP contribution in [0.5, 0.6) is 0 Å². The molecule has 4 aliphatic heterocycles. The summed E-state index contributed by atoms with van der Waals surface area (Å²) in [6.45, 7) is 8.91. The molecule has 1 atom stereocenters. The molecular weight excluding hydrogens is 468 g/mol. The molecule has 2 fully saturated rings. The number of benzene rings is 1. The number of aliphatic imine (C=N–C) groups is 2. The van der Waals surface area contributed by atoms with E-state index in [0.717, 1.165) is 101 Å². The molecule has 2 saturated heterocycles. The van der Waals surface area contributed by atoms with E-state index in [2.05, 4.69) is 46.4 Å². The van der Waals surface area contributed by atoms with Gasteiger partial charge < -0.3 is 4.90 Å². The normalized spacial score (nSPS) is 28.9. The molecule has 1 unspecified atom stereocenters. The predicted octanol–water partition coefficient (Wildman–Crippen LogP) is 4.74. The van der Waals surface area contributed by atoms with E-state index >= 15 is 0 Å². The van der Waals surface area contributed by atoms with Gasteiger partial charge in [-0.25, -0.2) is 9.30 Å². The van der Waals surface area contributed by atoms with Gasteiger partial charge in [-0.05, 0) is 68.1 Å². The van der Waals surface area contributed by atoms with E-state index in [4.69, 9.17) is 4.99 Å². The summed E-state index contributed by atoms with van der Waals surface area (Å²) in [6.07, 6.45) is 12.2. The highest BCUT2D eigenvalue weighted by molar-refractivity contribution is 8.18. The smallest absolute Gasteiger partial charge is 0.220 e. The zero-order valence-corrected chi connectivity index (χ0v) is 23.3. The third-order valence-corrected chi connectivity index (χ3v) is 13.8. The third kappa shape index (κ3) is 5.24. The first-order valence-electron chi connectivity index (χ1n) is 14.0. The van der Waals surface area contributed by atoms with Crippen LogP contribution in [-0.4, -0.2) is 75.3 Å². The number of guanidine groups is 1. The Kier molecular flexibility index (Phi) is 7.01. The van der Waals surface area contributed by atoms with Crippen molar-refractivity contribution in [2.75, 3.05) is 43.9 Å². The quantitative estimate of drug-likeness (QED) is 0.496. The molecule has 0 spiro atoms. The Bertz CT molecular complexity index is 1130. The van der Waals surface area contributed by atoms with Crippen LogP contribution in [0.15, 0.2) is 28.2 Å². The predicted molar refractivity (Wildman–Crippen MR) is 151 cm³/mol. The number of rotatable bonds is 7. The SMILES string of the molecule is CCC1(C)C=NC(N2CCC(CCCC(=O)c3ccc4c(c3)CCN(S3(C)(=O)CCC3)C4)CC2)=NC1. The van der Waals surface area contributed by atoms with Crippen LogP contribution in [-0.2, 0) is 22.2 Å². The van der Waals surface area contributed by atoms with E-state index in [1.807, 2.05) is 12.3 Å². The van der Waals surface area contributed by atoms with Gasteiger partial charge in [-0.1, -0.05) is 35.2 Å². The van der Waals surface area contributed by atoms with Crippen molar-refractivity contribution in [2.45, 2.75) is 71.8 Å². The molecule has 36 heavy (non-hydrogen) atoms. The van der Waals surface area contributed by atoms with Crippen LogP contribution in [0.3, 0.4) is 0 Å². The maximum absolute atomic E-state index is 13.4. The fourth-order valence-corrected chi connectivity index (χ4v) is 9.11. The highest BCUT2D eigenvalue weighted by Crippen LogP contribution is 2.40. The molecule has 4 heterocycles. The number of likely N-dealkylation sites (tertiary alicyclic amines) is 1. The molecule has 0 radical (unpaired) electrons. The lowest BCUT2D eigenvalue weighted by molar-refractivity contribution is 0.0976. The number of carbonyl (C=O) groups is 1. The summed E-state index contributed by atoms with van der Waals surface area (Å²) >= 11 is 0. The molecule has 1 aromatic carbocycles. The zero-order valence-electron chi connectivity index (χ0n) is 22.5. The Hall–Kier alpha value is -1.86. The number of hydrogen-bond donors (Lipinski definition) is 0. The molecule has 4 aliphatic rings. The minimum Gasteiger partial charge on any atom is -0.341 e. The molecular formula is C29H44N4O2S. The summed E-state index contributed by atoms with van der Waals surface area (Å²) < 4.78 is 15.7. The lowest BCUT2D eigenvalue weighted by Crippen LogP contribution is -2.61. The number of carbonyl (C=O) groups excluding carboxylic acids is 1. The lowest BCUT2D eigenvalue weighted by Gasteiger charge is -2.55. The first-order valence-corrected chi connectivity index (χ1v) is 16.7. The molecule has 0 amide bonds. The Morgan fingerprint density at radius 2 is 1.94 bits per heavy atom. The molecule has 0 aliphatic carbocycles. The molecule has 0 bridgehead atoms. The van der Waals surface area contributed by atoms with Gasteiger partial charge >= 0.3 is 0 Å². The van der Waals surface area contributed by atoms with Crippen molar-refractivity contribution in [3.63, 3.8) is 0 Å². The number of hydrogen-bond acceptors (Lipinski definition) is 5. The van der Waals surface area contributed by atoms with Crippen LogP contribution < -0.4 is 0 Å². The Morgan fingerprint density at radius 1 is 1.17 bits per heavy atom. The van der Waals surface area contributed by atoms with Gasteiger partial charge in [-0.2, -0.15) is 0 Å². The van der Waals surface area contributed by atoms with Crippen LogP contribution in [0.2, 0.25) is 0 Å². The van der Waals surface area contributed by atoms with Gasteiger partial charge in [-0.3, -0.25) is 14.0 Å². The van der Waals surface area contributed by atoms with E-state index in [1.165, 1.54) is 11.1 Å². The summed E-state index contributed by atoms with van der Waals surface area (Å²) in [7, 11) is -2.57. The maximum Gasteiger partial charge on any atom is 0.220 e. The van der Waals surface area contributed by atoms with E-state index in [9.17, 15) is 9.00 Å². The number of Topliss-reactive ketones (excluding diaryl/α,β-unsaturated/α-hetero) is 1. The van der Waals surface area contributed by atoms with Gasteiger partial charge in [0.05, 0.1) is 6.54 Å². The maximum atomic E-state index is 13.4. The molecule has 198 valence electrons. The van der Waals surface area contributed by atoms with Crippen LogP contribution >= 0.6 is 0 Å². The van der Waals surface area contributed by atoms with E-state index in [0.29, 0.717) is 12.3 Å². The van der Waals surface area contributed by atoms with Crippen LogP contribution in [0.1, 0.15) is 80.3 Å². The van der Waals surface area contributed by atoms with E-state index < -0.39 is 9.25 Å². The third-order valence-electron chi connectivity index (χ3n) is 9.36. The van der Waals surface area contributed by atoms with E-state index in [1.54, 1.807) is 0 Å². The van der Waals surface area contributed by atoms with Gasteiger partial charge in [0.2, 0.25) is 5.96 Å². The highest BCUT2D eigenvalue weighted by atomic mass is 32.3. The Morgan fingerprint density at radius 3 is 2.58 bits per heavy atom. The lowest BCUT2D eigenvalue weighted by atomic mass is 9.88. The Labute approximate surface area is 217 Å². The topological polar surface area (TPSA) is 65.3 Å². The Balaban J connectivity index is 1.06. The summed E-state index contributed by atoms with van der Waals surface area (Å²) in [5, 5.41) is 0.